The maximum Gasteiger partial charge on any atom is 0.209 e. The lowest BCUT2D eigenvalue weighted by atomic mass is 10.2. The number of hydrogen-bond acceptors (Lipinski definition) is 4. The van der Waals surface area contributed by atoms with Crippen LogP contribution in [0, 0.1) is 5.92 Å². The zero-order chi connectivity index (χ0) is 12.2. The molecule has 1 unspecified atom stereocenters. The van der Waals surface area contributed by atoms with Crippen molar-refractivity contribution in [2.24, 2.45) is 11.1 Å². The molecule has 0 aromatic carbocycles. The highest BCUT2D eigenvalue weighted by atomic mass is 32.2. The second kappa shape index (κ2) is 5.31. The molecule has 0 fully saturated rings. The number of aromatic nitrogens is 2. The van der Waals surface area contributed by atoms with Crippen LogP contribution in [-0.4, -0.2) is 30.6 Å². The number of nitrogens with two attached hydrogens (primary N) is 1. The number of aryl methyl sites for hydroxylation is 1. The maximum absolute atomic E-state index is 10.8. The Bertz CT molecular complexity index is 427. The molecule has 0 aliphatic rings. The molecule has 7 heteroatoms. The van der Waals surface area contributed by atoms with Gasteiger partial charge in [-0.25, -0.2) is 13.6 Å². The van der Waals surface area contributed by atoms with Crippen LogP contribution < -0.4 is 9.88 Å². The summed E-state index contributed by atoms with van der Waals surface area (Å²) in [4.78, 5) is 0. The Morgan fingerprint density at radius 1 is 1.62 bits per heavy atom. The van der Waals surface area contributed by atoms with E-state index in [9.17, 15) is 8.42 Å². The zero-order valence-corrected chi connectivity index (χ0v) is 10.3. The van der Waals surface area contributed by atoms with E-state index in [1.807, 2.05) is 6.92 Å². The molecule has 1 aromatic heterocycles. The summed E-state index contributed by atoms with van der Waals surface area (Å²) in [6.45, 7) is 4.83. The Morgan fingerprint density at radius 3 is 2.81 bits per heavy atom. The highest BCUT2D eigenvalue weighted by Crippen LogP contribution is 2.10. The maximum atomic E-state index is 10.8. The van der Waals surface area contributed by atoms with Gasteiger partial charge in [0.1, 0.15) is 0 Å². The highest BCUT2D eigenvalue weighted by molar-refractivity contribution is 7.89. The van der Waals surface area contributed by atoms with Crippen LogP contribution in [0.25, 0.3) is 0 Å². The average molecular weight is 247 g/mol. The van der Waals surface area contributed by atoms with Crippen LogP contribution in [0.5, 0.6) is 5.75 Å². The lowest BCUT2D eigenvalue weighted by Crippen LogP contribution is -2.24. The van der Waals surface area contributed by atoms with Crippen molar-refractivity contribution in [3.05, 3.63) is 12.4 Å². The molecular weight excluding hydrogens is 230 g/mol. The molecule has 92 valence electrons. The van der Waals surface area contributed by atoms with Crippen molar-refractivity contribution in [1.82, 2.24) is 9.78 Å². The van der Waals surface area contributed by atoms with Crippen LogP contribution in [-0.2, 0) is 16.6 Å². The molecule has 0 bridgehead atoms. The molecule has 6 nitrogen and oxygen atoms in total. The van der Waals surface area contributed by atoms with Crippen LogP contribution in [0.15, 0.2) is 12.4 Å². The van der Waals surface area contributed by atoms with Gasteiger partial charge in [0.15, 0.2) is 5.75 Å². The third-order valence-corrected chi connectivity index (χ3v) is 3.02. The molecule has 0 saturated carbocycles. The third kappa shape index (κ3) is 4.63. The fraction of sp³-hybridized carbons (Fsp3) is 0.667. The van der Waals surface area contributed by atoms with Crippen molar-refractivity contribution in [3.8, 4) is 5.75 Å². The number of rotatable bonds is 6. The van der Waals surface area contributed by atoms with Crippen molar-refractivity contribution < 1.29 is 13.2 Å². The molecule has 0 saturated heterocycles. The van der Waals surface area contributed by atoms with Crippen molar-refractivity contribution >= 4 is 10.0 Å². The number of hydrogen-bond donors (Lipinski definition) is 1. The van der Waals surface area contributed by atoms with E-state index in [2.05, 4.69) is 5.10 Å². The van der Waals surface area contributed by atoms with Gasteiger partial charge >= 0.3 is 0 Å². The van der Waals surface area contributed by atoms with Gasteiger partial charge in [0.25, 0.3) is 0 Å². The van der Waals surface area contributed by atoms with E-state index in [1.54, 1.807) is 24.0 Å². The molecule has 1 rings (SSSR count). The average Bonchev–Trinajstić information content (AvgIpc) is 2.59. The van der Waals surface area contributed by atoms with Gasteiger partial charge in [-0.1, -0.05) is 6.92 Å². The van der Waals surface area contributed by atoms with Crippen molar-refractivity contribution in [2.45, 2.75) is 20.4 Å². The lowest BCUT2D eigenvalue weighted by molar-refractivity contribution is 0.271. The molecule has 0 amide bonds. The fourth-order valence-corrected chi connectivity index (χ4v) is 2.16. The molecule has 0 radical (unpaired) electrons. The molecule has 0 aliphatic carbocycles. The van der Waals surface area contributed by atoms with Gasteiger partial charge in [-0.15, -0.1) is 0 Å². The SMILES string of the molecule is CCn1cc(OCC(C)CS(N)(=O)=O)cn1. The predicted molar refractivity (Wildman–Crippen MR) is 60.5 cm³/mol. The predicted octanol–water partition coefficient (Wildman–Crippen LogP) is 0.206. The summed E-state index contributed by atoms with van der Waals surface area (Å²) in [7, 11) is -3.43. The summed E-state index contributed by atoms with van der Waals surface area (Å²) in [5.74, 6) is 0.428. The molecule has 1 atom stereocenters. The van der Waals surface area contributed by atoms with E-state index in [0.717, 1.165) is 6.54 Å². The summed E-state index contributed by atoms with van der Waals surface area (Å²) in [6.07, 6.45) is 3.37. The van der Waals surface area contributed by atoms with Crippen LogP contribution >= 0.6 is 0 Å². The van der Waals surface area contributed by atoms with E-state index in [1.165, 1.54) is 0 Å². The molecule has 16 heavy (non-hydrogen) atoms. The smallest absolute Gasteiger partial charge is 0.209 e. The van der Waals surface area contributed by atoms with E-state index in [-0.39, 0.29) is 11.7 Å². The van der Waals surface area contributed by atoms with Gasteiger partial charge in [-0.2, -0.15) is 5.10 Å². The first-order valence-corrected chi connectivity index (χ1v) is 6.78. The van der Waals surface area contributed by atoms with Crippen LogP contribution in [0.3, 0.4) is 0 Å². The first-order valence-electron chi connectivity index (χ1n) is 5.06. The summed E-state index contributed by atoms with van der Waals surface area (Å²) >= 11 is 0. The number of ether oxygens (including phenoxy) is 1. The van der Waals surface area contributed by atoms with E-state index < -0.39 is 10.0 Å². The van der Waals surface area contributed by atoms with Gasteiger partial charge in [0, 0.05) is 12.5 Å². The summed E-state index contributed by atoms with van der Waals surface area (Å²) < 4.78 is 28.7. The topological polar surface area (TPSA) is 87.2 Å². The molecule has 0 aliphatic heterocycles. The highest BCUT2D eigenvalue weighted by Gasteiger charge is 2.12. The van der Waals surface area contributed by atoms with Gasteiger partial charge in [0.05, 0.1) is 24.8 Å². The van der Waals surface area contributed by atoms with Crippen molar-refractivity contribution in [3.63, 3.8) is 0 Å². The Hall–Kier alpha value is -1.08. The van der Waals surface area contributed by atoms with Crippen LogP contribution in [0.2, 0.25) is 0 Å². The molecule has 0 spiro atoms. The quantitative estimate of drug-likeness (QED) is 0.778. The third-order valence-electron chi connectivity index (χ3n) is 1.98. The fourth-order valence-electron chi connectivity index (χ4n) is 1.28. The summed E-state index contributed by atoms with van der Waals surface area (Å²) in [5, 5.41) is 8.97. The van der Waals surface area contributed by atoms with Crippen molar-refractivity contribution in [2.75, 3.05) is 12.4 Å². The lowest BCUT2D eigenvalue weighted by Gasteiger charge is -2.10. The minimum absolute atomic E-state index is 0.0745. The second-order valence-corrected chi connectivity index (χ2v) is 5.44. The number of primary sulfonamides is 1. The van der Waals surface area contributed by atoms with Crippen LogP contribution in [0.1, 0.15) is 13.8 Å². The number of nitrogens with zero attached hydrogens (tertiary/aromatic N) is 2. The van der Waals surface area contributed by atoms with Crippen molar-refractivity contribution in [1.29, 1.82) is 0 Å². The standard InChI is InChI=1S/C9H17N3O3S/c1-3-12-5-9(4-11-12)15-6-8(2)7-16(10,13)14/h4-5,8H,3,6-7H2,1-2H3,(H2,10,13,14). The number of sulfonamides is 1. The van der Waals surface area contributed by atoms with Crippen LogP contribution in [0.4, 0.5) is 0 Å². The van der Waals surface area contributed by atoms with E-state index in [4.69, 9.17) is 9.88 Å². The molecular formula is C9H17N3O3S. The Balaban J connectivity index is 2.39. The summed E-state index contributed by atoms with van der Waals surface area (Å²) in [5.41, 5.74) is 0. The first-order chi connectivity index (χ1) is 7.40. The largest absolute Gasteiger partial charge is 0.490 e. The van der Waals surface area contributed by atoms with E-state index in [0.29, 0.717) is 12.4 Å². The van der Waals surface area contributed by atoms with Gasteiger partial charge in [-0.3, -0.25) is 4.68 Å². The van der Waals surface area contributed by atoms with E-state index >= 15 is 0 Å². The minimum Gasteiger partial charge on any atom is -0.490 e. The summed E-state index contributed by atoms with van der Waals surface area (Å²) in [6, 6.07) is 0. The molecule has 2 N–H and O–H groups in total. The second-order valence-electron chi connectivity index (χ2n) is 3.78. The van der Waals surface area contributed by atoms with Gasteiger partial charge in [0.2, 0.25) is 10.0 Å². The normalized spacial score (nSPS) is 13.7. The Kier molecular flexibility index (Phi) is 4.31. The molecule has 1 heterocycles. The first kappa shape index (κ1) is 13.0. The van der Waals surface area contributed by atoms with Gasteiger partial charge in [-0.05, 0) is 6.92 Å². The molecule has 1 aromatic rings. The Morgan fingerprint density at radius 2 is 2.31 bits per heavy atom. The zero-order valence-electron chi connectivity index (χ0n) is 9.46. The monoisotopic (exact) mass is 247 g/mol. The Labute approximate surface area is 95.4 Å². The minimum atomic E-state index is -3.43. The van der Waals surface area contributed by atoms with Gasteiger partial charge < -0.3 is 4.74 Å².